The fraction of sp³-hybridized carbons (Fsp3) is 0.318. The summed E-state index contributed by atoms with van der Waals surface area (Å²) in [4.78, 5) is 12.4. The largest absolute Gasteiger partial charge is 0.449 e. The highest BCUT2D eigenvalue weighted by atomic mass is 16.6. The minimum absolute atomic E-state index is 0.0336. The summed E-state index contributed by atoms with van der Waals surface area (Å²) in [5.41, 5.74) is 3.67. The number of carbonyl (C=O) groups is 1. The molecule has 0 amide bonds. The second-order valence-corrected chi connectivity index (χ2v) is 7.69. The molecule has 0 N–H and O–H groups in total. The fourth-order valence-corrected chi connectivity index (χ4v) is 2.60. The van der Waals surface area contributed by atoms with Crippen molar-refractivity contribution in [1.29, 1.82) is 0 Å². The molecule has 27 heavy (non-hydrogen) atoms. The highest BCUT2D eigenvalue weighted by molar-refractivity contribution is 5.89. The molecule has 0 bridgehead atoms. The van der Waals surface area contributed by atoms with Crippen LogP contribution >= 0.6 is 0 Å². The molecule has 1 heterocycles. The van der Waals surface area contributed by atoms with E-state index < -0.39 is 12.1 Å². The molecule has 0 spiro atoms. The summed E-state index contributed by atoms with van der Waals surface area (Å²) in [7, 11) is 0. The third kappa shape index (κ3) is 4.42. The van der Waals surface area contributed by atoms with Gasteiger partial charge in [0.15, 0.2) is 6.10 Å². The molecule has 0 radical (unpaired) electrons. The van der Waals surface area contributed by atoms with Crippen LogP contribution < -0.4 is 0 Å². The Morgan fingerprint density at radius 2 is 1.63 bits per heavy atom. The van der Waals surface area contributed by atoms with Gasteiger partial charge in [0.2, 0.25) is 5.89 Å². The standard InChI is InChI=1S/C22H24N2O3/c1-14-6-8-16(9-7-14)20-24-23-19(27-20)15(2)26-21(25)17-10-12-18(13-11-17)22(3,4)5/h6-13,15H,1-5H3. The molecule has 0 aliphatic heterocycles. The van der Waals surface area contributed by atoms with Gasteiger partial charge in [0.1, 0.15) is 0 Å². The lowest BCUT2D eigenvalue weighted by atomic mass is 9.87. The first-order valence-electron chi connectivity index (χ1n) is 8.96. The Hall–Kier alpha value is -2.95. The summed E-state index contributed by atoms with van der Waals surface area (Å²) in [5, 5.41) is 8.06. The molecule has 2 aromatic carbocycles. The van der Waals surface area contributed by atoms with Gasteiger partial charge in [-0.1, -0.05) is 50.6 Å². The quantitative estimate of drug-likeness (QED) is 0.591. The molecule has 0 saturated heterocycles. The van der Waals surface area contributed by atoms with Crippen LogP contribution in [-0.4, -0.2) is 16.2 Å². The number of nitrogens with zero attached hydrogens (tertiary/aromatic N) is 2. The van der Waals surface area contributed by atoms with E-state index in [0.717, 1.165) is 16.7 Å². The number of aryl methyl sites for hydroxylation is 1. The normalized spacial score (nSPS) is 12.6. The van der Waals surface area contributed by atoms with Crippen molar-refractivity contribution in [2.75, 3.05) is 0 Å². The first-order chi connectivity index (χ1) is 12.7. The van der Waals surface area contributed by atoms with Crippen LogP contribution in [0.3, 0.4) is 0 Å². The topological polar surface area (TPSA) is 65.2 Å². The zero-order valence-corrected chi connectivity index (χ0v) is 16.3. The molecule has 5 heteroatoms. The van der Waals surface area contributed by atoms with Crippen LogP contribution in [0.15, 0.2) is 52.9 Å². The van der Waals surface area contributed by atoms with E-state index in [-0.39, 0.29) is 11.3 Å². The van der Waals surface area contributed by atoms with E-state index in [1.54, 1.807) is 19.1 Å². The van der Waals surface area contributed by atoms with Gasteiger partial charge in [-0.3, -0.25) is 0 Å². The van der Waals surface area contributed by atoms with Gasteiger partial charge in [-0.2, -0.15) is 0 Å². The third-order valence-electron chi connectivity index (χ3n) is 4.36. The summed E-state index contributed by atoms with van der Waals surface area (Å²) in [6.45, 7) is 10.1. The van der Waals surface area contributed by atoms with Gasteiger partial charge in [-0.05, 0) is 49.1 Å². The molecule has 140 valence electrons. The van der Waals surface area contributed by atoms with E-state index in [9.17, 15) is 4.79 Å². The van der Waals surface area contributed by atoms with Crippen molar-refractivity contribution in [1.82, 2.24) is 10.2 Å². The van der Waals surface area contributed by atoms with Gasteiger partial charge in [0, 0.05) is 5.56 Å². The Bertz CT molecular complexity index is 919. The Labute approximate surface area is 159 Å². The molecule has 1 unspecified atom stereocenters. The number of ether oxygens (including phenoxy) is 1. The van der Waals surface area contributed by atoms with Crippen molar-refractivity contribution in [3.8, 4) is 11.5 Å². The van der Waals surface area contributed by atoms with E-state index in [0.29, 0.717) is 11.5 Å². The van der Waals surface area contributed by atoms with Crippen molar-refractivity contribution in [2.45, 2.75) is 46.1 Å². The predicted molar refractivity (Wildman–Crippen MR) is 103 cm³/mol. The van der Waals surface area contributed by atoms with Gasteiger partial charge < -0.3 is 9.15 Å². The summed E-state index contributed by atoms with van der Waals surface area (Å²) < 4.78 is 11.2. The van der Waals surface area contributed by atoms with Crippen LogP contribution in [0.2, 0.25) is 0 Å². The van der Waals surface area contributed by atoms with Crippen LogP contribution in [0.1, 0.15) is 61.2 Å². The molecule has 0 fully saturated rings. The lowest BCUT2D eigenvalue weighted by Crippen LogP contribution is -2.13. The highest BCUT2D eigenvalue weighted by Crippen LogP contribution is 2.25. The van der Waals surface area contributed by atoms with Crippen LogP contribution in [0.5, 0.6) is 0 Å². The number of hydrogen-bond donors (Lipinski definition) is 0. The van der Waals surface area contributed by atoms with Crippen LogP contribution in [0, 0.1) is 6.92 Å². The number of benzene rings is 2. The second kappa shape index (κ2) is 7.35. The molecular formula is C22H24N2O3. The number of hydrogen-bond acceptors (Lipinski definition) is 5. The minimum atomic E-state index is -0.633. The second-order valence-electron chi connectivity index (χ2n) is 7.69. The lowest BCUT2D eigenvalue weighted by Gasteiger charge is -2.19. The molecule has 0 saturated carbocycles. The van der Waals surface area contributed by atoms with Crippen LogP contribution in [0.4, 0.5) is 0 Å². The van der Waals surface area contributed by atoms with Gasteiger partial charge in [0.25, 0.3) is 5.89 Å². The summed E-state index contributed by atoms with van der Waals surface area (Å²) >= 11 is 0. The van der Waals surface area contributed by atoms with E-state index in [1.165, 1.54) is 0 Å². The monoisotopic (exact) mass is 364 g/mol. The van der Waals surface area contributed by atoms with Gasteiger partial charge >= 0.3 is 5.97 Å². The number of carbonyl (C=O) groups excluding carboxylic acids is 1. The molecule has 1 atom stereocenters. The van der Waals surface area contributed by atoms with Crippen LogP contribution in [-0.2, 0) is 10.2 Å². The number of rotatable bonds is 4. The van der Waals surface area contributed by atoms with Crippen LogP contribution in [0.25, 0.3) is 11.5 Å². The third-order valence-corrected chi connectivity index (χ3v) is 4.36. The zero-order valence-electron chi connectivity index (χ0n) is 16.3. The van der Waals surface area contributed by atoms with Crippen molar-refractivity contribution in [3.05, 3.63) is 71.1 Å². The first-order valence-corrected chi connectivity index (χ1v) is 8.96. The molecule has 5 nitrogen and oxygen atoms in total. The summed E-state index contributed by atoms with van der Waals surface area (Å²) in [6, 6.07) is 15.2. The smallest absolute Gasteiger partial charge is 0.338 e. The summed E-state index contributed by atoms with van der Waals surface area (Å²) in [6.07, 6.45) is -0.633. The molecule has 0 aliphatic carbocycles. The molecule has 1 aromatic heterocycles. The van der Waals surface area contributed by atoms with Gasteiger partial charge in [-0.25, -0.2) is 4.79 Å². The van der Waals surface area contributed by atoms with Crippen molar-refractivity contribution < 1.29 is 13.9 Å². The Morgan fingerprint density at radius 3 is 2.22 bits per heavy atom. The van der Waals surface area contributed by atoms with E-state index in [2.05, 4.69) is 31.0 Å². The Morgan fingerprint density at radius 1 is 1.00 bits per heavy atom. The maximum Gasteiger partial charge on any atom is 0.338 e. The lowest BCUT2D eigenvalue weighted by molar-refractivity contribution is 0.0280. The predicted octanol–water partition coefficient (Wildman–Crippen LogP) is 5.26. The molecular weight excluding hydrogens is 340 g/mol. The molecule has 3 aromatic rings. The number of esters is 1. The Kier molecular flexibility index (Phi) is 5.13. The highest BCUT2D eigenvalue weighted by Gasteiger charge is 2.21. The molecule has 3 rings (SSSR count). The van der Waals surface area contributed by atoms with Crippen molar-refractivity contribution >= 4 is 5.97 Å². The van der Waals surface area contributed by atoms with Crippen molar-refractivity contribution in [3.63, 3.8) is 0 Å². The van der Waals surface area contributed by atoms with Gasteiger partial charge in [0.05, 0.1) is 5.56 Å². The summed E-state index contributed by atoms with van der Waals surface area (Å²) in [5.74, 6) is 0.255. The van der Waals surface area contributed by atoms with E-state index >= 15 is 0 Å². The van der Waals surface area contributed by atoms with E-state index in [1.807, 2.05) is 43.3 Å². The average molecular weight is 364 g/mol. The minimum Gasteiger partial charge on any atom is -0.449 e. The first kappa shape index (κ1) is 18.8. The SMILES string of the molecule is Cc1ccc(-c2nnc(C(C)OC(=O)c3ccc(C(C)(C)C)cc3)o2)cc1. The van der Waals surface area contributed by atoms with Crippen molar-refractivity contribution in [2.24, 2.45) is 0 Å². The Balaban J connectivity index is 1.69. The maximum absolute atomic E-state index is 12.4. The van der Waals surface area contributed by atoms with E-state index in [4.69, 9.17) is 9.15 Å². The molecule has 0 aliphatic rings. The number of aromatic nitrogens is 2. The average Bonchev–Trinajstić information content (AvgIpc) is 3.12. The fourth-order valence-electron chi connectivity index (χ4n) is 2.60. The van der Waals surface area contributed by atoms with Gasteiger partial charge in [-0.15, -0.1) is 10.2 Å². The maximum atomic E-state index is 12.4. The zero-order chi connectivity index (χ0) is 19.6.